The number of methoxy groups -OCH3 is 1. The van der Waals surface area contributed by atoms with Crippen LogP contribution in [0.4, 0.5) is 4.39 Å². The van der Waals surface area contributed by atoms with Crippen molar-refractivity contribution in [1.29, 1.82) is 0 Å². The van der Waals surface area contributed by atoms with Gasteiger partial charge in [0.1, 0.15) is 11.6 Å². The van der Waals surface area contributed by atoms with Gasteiger partial charge in [0.25, 0.3) is 0 Å². The topological polar surface area (TPSA) is 47.6 Å². The van der Waals surface area contributed by atoms with E-state index < -0.39 is 0 Å². The van der Waals surface area contributed by atoms with Crippen molar-refractivity contribution >= 4 is 21.9 Å². The molecular weight excluding hydrogens is 401 g/mol. The zero-order valence-corrected chi connectivity index (χ0v) is 16.7. The zero-order valence-electron chi connectivity index (χ0n) is 15.1. The Morgan fingerprint density at radius 1 is 1.23 bits per heavy atom. The van der Waals surface area contributed by atoms with Gasteiger partial charge in [0.2, 0.25) is 0 Å². The van der Waals surface area contributed by atoms with Crippen LogP contribution < -0.4 is 10.1 Å². The number of ether oxygens (including phenoxy) is 2. The Labute approximate surface area is 161 Å². The van der Waals surface area contributed by atoms with Crippen LogP contribution in [0.3, 0.4) is 0 Å². The lowest BCUT2D eigenvalue weighted by Crippen LogP contribution is -2.27. The van der Waals surface area contributed by atoms with Crippen molar-refractivity contribution in [3.8, 4) is 5.75 Å². The fraction of sp³-hybridized carbons (Fsp3) is 0.350. The molecule has 1 N–H and O–H groups in total. The molecule has 0 bridgehead atoms. The van der Waals surface area contributed by atoms with Gasteiger partial charge in [-0.2, -0.15) is 0 Å². The third kappa shape index (κ3) is 5.54. The van der Waals surface area contributed by atoms with Crippen molar-refractivity contribution in [2.24, 2.45) is 0 Å². The Morgan fingerprint density at radius 2 is 1.92 bits per heavy atom. The van der Waals surface area contributed by atoms with Crippen LogP contribution in [0.15, 0.2) is 46.9 Å². The number of rotatable bonds is 8. The molecule has 0 saturated carbocycles. The van der Waals surface area contributed by atoms with Gasteiger partial charge in [0.15, 0.2) is 0 Å². The van der Waals surface area contributed by atoms with E-state index in [1.54, 1.807) is 20.1 Å². The number of benzene rings is 2. The van der Waals surface area contributed by atoms with Gasteiger partial charge in [-0.25, -0.2) is 4.39 Å². The fourth-order valence-electron chi connectivity index (χ4n) is 2.72. The van der Waals surface area contributed by atoms with Crippen LogP contribution in [-0.2, 0) is 9.53 Å². The second kappa shape index (κ2) is 9.69. The smallest absolute Gasteiger partial charge is 0.307 e. The van der Waals surface area contributed by atoms with E-state index in [0.29, 0.717) is 11.1 Å². The molecule has 0 aliphatic carbocycles. The fourth-order valence-corrected chi connectivity index (χ4v) is 3.35. The van der Waals surface area contributed by atoms with Gasteiger partial charge in [-0.3, -0.25) is 4.79 Å². The van der Waals surface area contributed by atoms with E-state index in [-0.39, 0.29) is 30.3 Å². The number of carbonyl (C=O) groups is 1. The maximum absolute atomic E-state index is 13.4. The van der Waals surface area contributed by atoms with Crippen LogP contribution >= 0.6 is 15.9 Å². The van der Waals surface area contributed by atoms with Crippen molar-refractivity contribution in [2.75, 3.05) is 13.7 Å². The summed E-state index contributed by atoms with van der Waals surface area (Å²) in [6, 6.07) is 11.8. The first-order chi connectivity index (χ1) is 12.4. The van der Waals surface area contributed by atoms with Gasteiger partial charge in [0, 0.05) is 16.6 Å². The molecule has 2 aromatic carbocycles. The average Bonchev–Trinajstić information content (AvgIpc) is 2.61. The summed E-state index contributed by atoms with van der Waals surface area (Å²) >= 11 is 3.39. The molecule has 26 heavy (non-hydrogen) atoms. The molecule has 140 valence electrons. The second-order valence-corrected chi connectivity index (χ2v) is 6.74. The van der Waals surface area contributed by atoms with E-state index in [2.05, 4.69) is 21.2 Å². The van der Waals surface area contributed by atoms with Crippen LogP contribution in [0.2, 0.25) is 0 Å². The van der Waals surface area contributed by atoms with Crippen molar-refractivity contribution in [1.82, 2.24) is 5.32 Å². The molecule has 0 aliphatic rings. The van der Waals surface area contributed by atoms with Gasteiger partial charge in [-0.05, 0) is 49.2 Å². The molecule has 2 aromatic rings. The Morgan fingerprint density at radius 3 is 2.50 bits per heavy atom. The quantitative estimate of drug-likeness (QED) is 0.610. The first-order valence-electron chi connectivity index (χ1n) is 8.45. The van der Waals surface area contributed by atoms with Crippen LogP contribution in [0, 0.1) is 5.82 Å². The second-order valence-electron chi connectivity index (χ2n) is 5.89. The first-order valence-corrected chi connectivity index (χ1v) is 9.24. The van der Waals surface area contributed by atoms with Crippen molar-refractivity contribution < 1.29 is 18.7 Å². The molecule has 0 amide bonds. The standard InChI is InChI=1S/C20H23BrFNO3/c1-4-26-20(24)12-19(17-10-7-15(22)11-18(17)21)23-13(2)14-5-8-16(25-3)9-6-14/h5-11,13,19,23H,4,12H2,1-3H3/t13-,19+/m0/s1. The lowest BCUT2D eigenvalue weighted by molar-refractivity contribution is -0.143. The van der Waals surface area contributed by atoms with Crippen LogP contribution in [0.1, 0.15) is 43.5 Å². The maximum atomic E-state index is 13.4. The summed E-state index contributed by atoms with van der Waals surface area (Å²) in [4.78, 5) is 12.0. The third-order valence-corrected chi connectivity index (χ3v) is 4.77. The molecule has 0 heterocycles. The number of carbonyl (C=O) groups excluding carboxylic acids is 1. The minimum Gasteiger partial charge on any atom is -0.497 e. The van der Waals surface area contributed by atoms with Gasteiger partial charge >= 0.3 is 5.97 Å². The highest BCUT2D eigenvalue weighted by Crippen LogP contribution is 2.29. The molecular formula is C20H23BrFNO3. The summed E-state index contributed by atoms with van der Waals surface area (Å²) < 4.78 is 24.3. The maximum Gasteiger partial charge on any atom is 0.307 e. The molecule has 0 fully saturated rings. The molecule has 6 heteroatoms. The molecule has 0 saturated heterocycles. The van der Waals surface area contributed by atoms with Crippen molar-refractivity contribution in [2.45, 2.75) is 32.4 Å². The van der Waals surface area contributed by atoms with Crippen molar-refractivity contribution in [3.63, 3.8) is 0 Å². The van der Waals surface area contributed by atoms with Gasteiger partial charge in [-0.15, -0.1) is 0 Å². The molecule has 2 atom stereocenters. The summed E-state index contributed by atoms with van der Waals surface area (Å²) in [5, 5.41) is 3.44. The van der Waals surface area contributed by atoms with Gasteiger partial charge < -0.3 is 14.8 Å². The van der Waals surface area contributed by atoms with Crippen LogP contribution in [0.25, 0.3) is 0 Å². The normalized spacial score (nSPS) is 13.1. The summed E-state index contributed by atoms with van der Waals surface area (Å²) in [5.41, 5.74) is 1.86. The number of hydrogen-bond donors (Lipinski definition) is 1. The number of nitrogens with one attached hydrogen (secondary N) is 1. The molecule has 0 unspecified atom stereocenters. The predicted octanol–water partition coefficient (Wildman–Crippen LogP) is 4.94. The largest absolute Gasteiger partial charge is 0.497 e. The molecule has 4 nitrogen and oxygen atoms in total. The highest BCUT2D eigenvalue weighted by Gasteiger charge is 2.22. The Kier molecular flexibility index (Phi) is 7.60. The van der Waals surface area contributed by atoms with Crippen LogP contribution in [-0.4, -0.2) is 19.7 Å². The summed E-state index contributed by atoms with van der Waals surface area (Å²) in [6.07, 6.45) is 0.151. The van der Waals surface area contributed by atoms with E-state index in [9.17, 15) is 9.18 Å². The monoisotopic (exact) mass is 423 g/mol. The highest BCUT2D eigenvalue weighted by molar-refractivity contribution is 9.10. The van der Waals surface area contributed by atoms with Crippen molar-refractivity contribution in [3.05, 3.63) is 63.9 Å². The van der Waals surface area contributed by atoms with E-state index >= 15 is 0 Å². The lowest BCUT2D eigenvalue weighted by Gasteiger charge is -2.24. The molecule has 2 rings (SSSR count). The van der Waals surface area contributed by atoms with Gasteiger partial charge in [0.05, 0.1) is 20.1 Å². The third-order valence-electron chi connectivity index (χ3n) is 4.08. The molecule has 0 aromatic heterocycles. The summed E-state index contributed by atoms with van der Waals surface area (Å²) in [6.45, 7) is 4.11. The minimum absolute atomic E-state index is 0.0303. The number of halogens is 2. The minimum atomic E-state index is -0.335. The predicted molar refractivity (Wildman–Crippen MR) is 103 cm³/mol. The summed E-state index contributed by atoms with van der Waals surface area (Å²) in [5.74, 6) is 0.146. The lowest BCUT2D eigenvalue weighted by atomic mass is 10.0. The Bertz CT molecular complexity index is 736. The zero-order chi connectivity index (χ0) is 19.1. The average molecular weight is 424 g/mol. The Balaban J connectivity index is 2.23. The van der Waals surface area contributed by atoms with E-state index in [0.717, 1.165) is 16.9 Å². The number of esters is 1. The van der Waals surface area contributed by atoms with Crippen LogP contribution in [0.5, 0.6) is 5.75 Å². The first kappa shape index (κ1) is 20.4. The summed E-state index contributed by atoms with van der Waals surface area (Å²) in [7, 11) is 1.62. The van der Waals surface area contributed by atoms with E-state index in [1.165, 1.54) is 12.1 Å². The SMILES string of the molecule is CCOC(=O)C[C@@H](N[C@@H](C)c1ccc(OC)cc1)c1ccc(F)cc1Br. The number of hydrogen-bond acceptors (Lipinski definition) is 4. The Hall–Kier alpha value is -1.92. The molecule has 0 radical (unpaired) electrons. The highest BCUT2D eigenvalue weighted by atomic mass is 79.9. The molecule has 0 spiro atoms. The van der Waals surface area contributed by atoms with Gasteiger partial charge in [-0.1, -0.05) is 34.1 Å². The van der Waals surface area contributed by atoms with E-state index in [4.69, 9.17) is 9.47 Å². The van der Waals surface area contributed by atoms with E-state index in [1.807, 2.05) is 31.2 Å². The molecule has 0 aliphatic heterocycles.